The summed E-state index contributed by atoms with van der Waals surface area (Å²) in [5, 5.41) is 0. The van der Waals surface area contributed by atoms with Crippen LogP contribution in [0.1, 0.15) is 34.6 Å². The summed E-state index contributed by atoms with van der Waals surface area (Å²) in [5.74, 6) is 0. The Labute approximate surface area is 77.1 Å². The summed E-state index contributed by atoms with van der Waals surface area (Å²) >= 11 is 5.04. The normalized spacial score (nSPS) is 23.5. The van der Waals surface area contributed by atoms with E-state index in [0.29, 0.717) is 0 Å². The number of rotatable bonds is 0. The van der Waals surface area contributed by atoms with E-state index in [1.807, 2.05) is 0 Å². The summed E-state index contributed by atoms with van der Waals surface area (Å²) < 4.78 is 1.16. The van der Waals surface area contributed by atoms with Crippen LogP contribution >= 0.6 is 0 Å². The molecule has 0 aliphatic heterocycles. The molecule has 0 aromatic rings. The van der Waals surface area contributed by atoms with Crippen LogP contribution in [0.15, 0.2) is 21.3 Å². The SMILES string of the molecule is CC1=C(C)C(C)(C)[C]([Ni])=C1C. The minimum absolute atomic E-state index is 0.147. The molecule has 0 aromatic heterocycles. The van der Waals surface area contributed by atoms with E-state index in [2.05, 4.69) is 34.6 Å². The van der Waals surface area contributed by atoms with Crippen LogP contribution < -0.4 is 0 Å². The Balaban J connectivity index is 3.27. The molecule has 0 heterocycles. The molecule has 0 bridgehead atoms. The number of allylic oxidation sites excluding steroid dienone is 4. The minimum atomic E-state index is 0.147. The van der Waals surface area contributed by atoms with E-state index >= 15 is 0 Å². The zero-order chi connectivity index (χ0) is 8.81. The molecule has 1 rings (SSSR count). The molecule has 0 spiro atoms. The summed E-state index contributed by atoms with van der Waals surface area (Å²) in [6, 6.07) is 0. The van der Waals surface area contributed by atoms with Crippen molar-refractivity contribution in [3.8, 4) is 0 Å². The van der Waals surface area contributed by atoms with Crippen molar-refractivity contribution in [2.45, 2.75) is 34.6 Å². The van der Waals surface area contributed by atoms with Crippen LogP contribution in [0.3, 0.4) is 0 Å². The second-order valence-electron chi connectivity index (χ2n) is 3.78. The van der Waals surface area contributed by atoms with Crippen LogP contribution in [0, 0.1) is 5.41 Å². The van der Waals surface area contributed by atoms with Gasteiger partial charge in [0.05, 0.1) is 0 Å². The van der Waals surface area contributed by atoms with Gasteiger partial charge in [-0.25, -0.2) is 0 Å². The summed E-state index contributed by atoms with van der Waals surface area (Å²) in [4.78, 5) is 0. The Morgan fingerprint density at radius 2 is 1.45 bits per heavy atom. The third-order valence-corrected chi connectivity index (χ3v) is 3.87. The molecule has 0 radical (unpaired) electrons. The van der Waals surface area contributed by atoms with Crippen LogP contribution in [0.4, 0.5) is 0 Å². The molecular formula is C10H15Ni. The standard InChI is InChI=1S/C10H15.Ni/c1-7-6-10(4,5)9(3)8(7)2;/h1-5H3;. The van der Waals surface area contributed by atoms with E-state index < -0.39 is 0 Å². The quantitative estimate of drug-likeness (QED) is 0.519. The molecule has 0 aromatic carbocycles. The average molecular weight is 194 g/mol. The molecule has 0 unspecified atom stereocenters. The van der Waals surface area contributed by atoms with Crippen molar-refractivity contribution in [1.82, 2.24) is 0 Å². The Morgan fingerprint density at radius 3 is 1.55 bits per heavy atom. The molecule has 0 N–H and O–H groups in total. The Hall–Kier alpha value is -0.0265. The van der Waals surface area contributed by atoms with Gasteiger partial charge in [0.25, 0.3) is 0 Å². The molecular weight excluding hydrogens is 179 g/mol. The van der Waals surface area contributed by atoms with Crippen molar-refractivity contribution in [2.75, 3.05) is 0 Å². The summed E-state index contributed by atoms with van der Waals surface area (Å²) in [7, 11) is 0. The van der Waals surface area contributed by atoms with Crippen LogP contribution in [0.2, 0.25) is 0 Å². The van der Waals surface area contributed by atoms with Gasteiger partial charge in [-0.15, -0.1) is 0 Å². The molecule has 0 nitrogen and oxygen atoms in total. The fraction of sp³-hybridized carbons (Fsp3) is 0.600. The first-order chi connectivity index (χ1) is 4.89. The van der Waals surface area contributed by atoms with Crippen molar-refractivity contribution >= 4 is 0 Å². The number of hydrogen-bond acceptors (Lipinski definition) is 0. The fourth-order valence-corrected chi connectivity index (χ4v) is 1.90. The van der Waals surface area contributed by atoms with Gasteiger partial charge in [-0.05, 0) is 0 Å². The number of hydrogen-bond donors (Lipinski definition) is 0. The van der Waals surface area contributed by atoms with E-state index in [9.17, 15) is 0 Å². The van der Waals surface area contributed by atoms with E-state index in [0.717, 1.165) is 4.54 Å². The van der Waals surface area contributed by atoms with Gasteiger partial charge in [-0.3, -0.25) is 0 Å². The summed E-state index contributed by atoms with van der Waals surface area (Å²) in [6.45, 7) is 10.9. The van der Waals surface area contributed by atoms with Gasteiger partial charge in [0, 0.05) is 0 Å². The van der Waals surface area contributed by atoms with Gasteiger partial charge in [0.1, 0.15) is 0 Å². The van der Waals surface area contributed by atoms with Crippen molar-refractivity contribution in [1.29, 1.82) is 0 Å². The zero-order valence-electron chi connectivity index (χ0n) is 7.82. The Bertz CT molecular complexity index is 228. The van der Waals surface area contributed by atoms with Crippen LogP contribution in [0.25, 0.3) is 0 Å². The van der Waals surface area contributed by atoms with Gasteiger partial charge in [0.15, 0.2) is 0 Å². The molecule has 0 saturated heterocycles. The topological polar surface area (TPSA) is 0 Å². The molecule has 1 aliphatic carbocycles. The van der Waals surface area contributed by atoms with E-state index in [1.54, 1.807) is 0 Å². The first-order valence-corrected chi connectivity index (χ1v) is 4.40. The predicted octanol–water partition coefficient (Wildman–Crippen LogP) is 3.18. The molecule has 65 valence electrons. The molecule has 0 atom stereocenters. The molecule has 0 saturated carbocycles. The predicted molar refractivity (Wildman–Crippen MR) is 44.9 cm³/mol. The third-order valence-electron chi connectivity index (χ3n) is 2.88. The van der Waals surface area contributed by atoms with Crippen molar-refractivity contribution in [3.05, 3.63) is 21.3 Å². The first-order valence-electron chi connectivity index (χ1n) is 3.91. The van der Waals surface area contributed by atoms with Crippen molar-refractivity contribution < 1.29 is 15.5 Å². The molecule has 0 amide bonds. The maximum atomic E-state index is 5.04. The molecule has 1 heteroatoms. The first kappa shape index (κ1) is 9.06. The van der Waals surface area contributed by atoms with Gasteiger partial charge >= 0.3 is 76.8 Å². The van der Waals surface area contributed by atoms with E-state index in [1.165, 1.54) is 16.7 Å². The van der Waals surface area contributed by atoms with Crippen molar-refractivity contribution in [2.24, 2.45) is 5.41 Å². The van der Waals surface area contributed by atoms with Crippen LogP contribution in [0.5, 0.6) is 0 Å². The Kier molecular flexibility index (Phi) is 2.05. The van der Waals surface area contributed by atoms with E-state index in [4.69, 9.17) is 15.5 Å². The zero-order valence-corrected chi connectivity index (χ0v) is 8.80. The van der Waals surface area contributed by atoms with Crippen LogP contribution in [-0.2, 0) is 15.5 Å². The molecule has 11 heavy (non-hydrogen) atoms. The van der Waals surface area contributed by atoms with Gasteiger partial charge < -0.3 is 0 Å². The average Bonchev–Trinajstić information content (AvgIpc) is 2.06. The molecule has 1 aliphatic rings. The van der Waals surface area contributed by atoms with Gasteiger partial charge in [-0.2, -0.15) is 0 Å². The second kappa shape index (κ2) is 2.49. The summed E-state index contributed by atoms with van der Waals surface area (Å²) in [6.07, 6.45) is 0. The van der Waals surface area contributed by atoms with E-state index in [-0.39, 0.29) is 5.41 Å². The fourth-order valence-electron chi connectivity index (χ4n) is 1.52. The van der Waals surface area contributed by atoms with Crippen molar-refractivity contribution in [3.63, 3.8) is 0 Å². The van der Waals surface area contributed by atoms with Crippen LogP contribution in [-0.4, -0.2) is 0 Å². The third kappa shape index (κ3) is 1.10. The second-order valence-corrected chi connectivity index (χ2v) is 4.28. The summed E-state index contributed by atoms with van der Waals surface area (Å²) in [5.41, 5.74) is 4.31. The molecule has 0 fully saturated rings. The van der Waals surface area contributed by atoms with Gasteiger partial charge in [-0.1, -0.05) is 0 Å². The Morgan fingerprint density at radius 1 is 1.00 bits per heavy atom. The van der Waals surface area contributed by atoms with Gasteiger partial charge in [0.2, 0.25) is 0 Å². The monoisotopic (exact) mass is 193 g/mol. The maximum absolute atomic E-state index is 5.04.